The fraction of sp³-hybridized carbons (Fsp3) is 0.263. The number of carbonyl (C=O) groups excluding carboxylic acids is 2. The summed E-state index contributed by atoms with van der Waals surface area (Å²) in [5.41, 5.74) is 3.52. The van der Waals surface area contributed by atoms with Crippen LogP contribution in [0.4, 0.5) is 11.4 Å². The number of amides is 2. The van der Waals surface area contributed by atoms with E-state index in [2.05, 4.69) is 5.32 Å². The van der Waals surface area contributed by atoms with Crippen LogP contribution in [0, 0.1) is 6.92 Å². The number of hydrogen-bond acceptors (Lipinski definition) is 3. The van der Waals surface area contributed by atoms with Gasteiger partial charge in [0.1, 0.15) is 10.8 Å². The third kappa shape index (κ3) is 3.67. The Labute approximate surface area is 156 Å². The van der Waals surface area contributed by atoms with Gasteiger partial charge in [0, 0.05) is 16.9 Å². The van der Waals surface area contributed by atoms with Crippen LogP contribution in [0.15, 0.2) is 48.5 Å². The lowest BCUT2D eigenvalue weighted by molar-refractivity contribution is -0.116. The van der Waals surface area contributed by atoms with Gasteiger partial charge in [0.25, 0.3) is 0 Å². The van der Waals surface area contributed by atoms with Crippen molar-refractivity contribution in [2.75, 3.05) is 16.0 Å². The lowest BCUT2D eigenvalue weighted by Gasteiger charge is -2.27. The van der Waals surface area contributed by atoms with Crippen molar-refractivity contribution in [1.82, 2.24) is 0 Å². The highest BCUT2D eigenvalue weighted by Crippen LogP contribution is 2.44. The summed E-state index contributed by atoms with van der Waals surface area (Å²) in [6.07, 6.45) is 0. The second-order valence-corrected chi connectivity index (χ2v) is 7.63. The highest BCUT2D eigenvalue weighted by atomic mass is 35.5. The SMILES string of the molecule is Cc1ccccc1N1C(=O)CS[C@@H]1c1ccccc1NC(=O)[C@@H](C)Cl. The van der Waals surface area contributed by atoms with Crippen molar-refractivity contribution in [3.8, 4) is 0 Å². The molecule has 0 saturated carbocycles. The van der Waals surface area contributed by atoms with Gasteiger partial charge in [-0.25, -0.2) is 0 Å². The number of para-hydroxylation sites is 2. The number of halogens is 1. The van der Waals surface area contributed by atoms with E-state index in [1.807, 2.05) is 60.4 Å². The molecule has 1 fully saturated rings. The average Bonchev–Trinajstić information content (AvgIpc) is 2.97. The molecule has 2 aromatic rings. The number of alkyl halides is 1. The van der Waals surface area contributed by atoms with E-state index in [0.717, 1.165) is 16.8 Å². The first kappa shape index (κ1) is 17.8. The van der Waals surface area contributed by atoms with Crippen LogP contribution in [0.5, 0.6) is 0 Å². The maximum Gasteiger partial charge on any atom is 0.242 e. The van der Waals surface area contributed by atoms with E-state index < -0.39 is 5.38 Å². The van der Waals surface area contributed by atoms with Crippen molar-refractivity contribution in [3.63, 3.8) is 0 Å². The van der Waals surface area contributed by atoms with Crippen LogP contribution in [0.2, 0.25) is 0 Å². The summed E-state index contributed by atoms with van der Waals surface area (Å²) < 4.78 is 0. The number of thioether (sulfide) groups is 1. The molecular weight excluding hydrogens is 356 g/mol. The molecule has 0 spiro atoms. The smallest absolute Gasteiger partial charge is 0.242 e. The minimum atomic E-state index is -0.626. The fourth-order valence-corrected chi connectivity index (χ4v) is 4.07. The van der Waals surface area contributed by atoms with Gasteiger partial charge in [-0.3, -0.25) is 14.5 Å². The number of hydrogen-bond donors (Lipinski definition) is 1. The van der Waals surface area contributed by atoms with Gasteiger partial charge >= 0.3 is 0 Å². The Morgan fingerprint density at radius 3 is 2.64 bits per heavy atom. The number of nitrogens with one attached hydrogen (secondary N) is 1. The minimum Gasteiger partial charge on any atom is -0.324 e. The molecule has 1 heterocycles. The van der Waals surface area contributed by atoms with Gasteiger partial charge in [-0.2, -0.15) is 0 Å². The normalized spacial score (nSPS) is 18.3. The van der Waals surface area contributed by atoms with Crippen LogP contribution < -0.4 is 10.2 Å². The molecule has 0 bridgehead atoms. The lowest BCUT2D eigenvalue weighted by atomic mass is 10.1. The van der Waals surface area contributed by atoms with Crippen LogP contribution >= 0.6 is 23.4 Å². The summed E-state index contributed by atoms with van der Waals surface area (Å²) in [5, 5.41) is 2.06. The van der Waals surface area contributed by atoms with Gasteiger partial charge < -0.3 is 5.32 Å². The van der Waals surface area contributed by atoms with E-state index in [1.165, 1.54) is 0 Å². The molecule has 25 heavy (non-hydrogen) atoms. The molecule has 4 nitrogen and oxygen atoms in total. The first-order valence-corrected chi connectivity index (χ1v) is 9.50. The summed E-state index contributed by atoms with van der Waals surface area (Å²) >= 11 is 7.43. The zero-order valence-corrected chi connectivity index (χ0v) is 15.6. The number of benzene rings is 2. The molecule has 2 atom stereocenters. The lowest BCUT2D eigenvalue weighted by Crippen LogP contribution is -2.29. The van der Waals surface area contributed by atoms with Gasteiger partial charge in [-0.15, -0.1) is 23.4 Å². The predicted octanol–water partition coefficient (Wildman–Crippen LogP) is 4.34. The number of anilines is 2. The highest BCUT2D eigenvalue weighted by Gasteiger charge is 2.36. The quantitative estimate of drug-likeness (QED) is 0.810. The van der Waals surface area contributed by atoms with E-state index in [0.29, 0.717) is 11.4 Å². The van der Waals surface area contributed by atoms with Crippen LogP contribution in [-0.2, 0) is 9.59 Å². The standard InChI is InChI=1S/C19H19ClN2O2S/c1-12-7-3-6-10-16(12)22-17(23)11-25-19(22)14-8-4-5-9-15(14)21-18(24)13(2)20/h3-10,13,19H,11H2,1-2H3,(H,21,24)/t13-,19-/m1/s1. The Kier molecular flexibility index (Phi) is 5.35. The fourth-order valence-electron chi connectivity index (χ4n) is 2.81. The third-order valence-electron chi connectivity index (χ3n) is 4.09. The van der Waals surface area contributed by atoms with Crippen molar-refractivity contribution in [2.45, 2.75) is 24.6 Å². The maximum absolute atomic E-state index is 12.5. The van der Waals surface area contributed by atoms with E-state index >= 15 is 0 Å². The first-order chi connectivity index (χ1) is 12.0. The molecular formula is C19H19ClN2O2S. The van der Waals surface area contributed by atoms with Crippen molar-refractivity contribution in [2.24, 2.45) is 0 Å². The van der Waals surface area contributed by atoms with E-state index in [-0.39, 0.29) is 17.2 Å². The van der Waals surface area contributed by atoms with Crippen LogP contribution in [0.1, 0.15) is 23.4 Å². The predicted molar refractivity (Wildman–Crippen MR) is 104 cm³/mol. The zero-order chi connectivity index (χ0) is 18.0. The molecule has 1 aliphatic rings. The first-order valence-electron chi connectivity index (χ1n) is 8.02. The molecule has 1 saturated heterocycles. The Bertz CT molecular complexity index is 810. The molecule has 0 unspecified atom stereocenters. The Balaban J connectivity index is 1.99. The molecule has 6 heteroatoms. The molecule has 2 aromatic carbocycles. The second-order valence-electron chi connectivity index (χ2n) is 5.91. The third-order valence-corrected chi connectivity index (χ3v) is 5.48. The molecule has 0 radical (unpaired) electrons. The largest absolute Gasteiger partial charge is 0.324 e. The van der Waals surface area contributed by atoms with Crippen LogP contribution in [0.3, 0.4) is 0 Å². The molecule has 130 valence electrons. The highest BCUT2D eigenvalue weighted by molar-refractivity contribution is 8.00. The maximum atomic E-state index is 12.5. The molecule has 3 rings (SSSR count). The molecule has 1 aliphatic heterocycles. The second kappa shape index (κ2) is 7.50. The van der Waals surface area contributed by atoms with Crippen molar-refractivity contribution in [1.29, 1.82) is 0 Å². The topological polar surface area (TPSA) is 49.4 Å². The van der Waals surface area contributed by atoms with Gasteiger partial charge in [0.05, 0.1) is 5.75 Å². The molecule has 2 amide bonds. The van der Waals surface area contributed by atoms with Crippen molar-refractivity contribution in [3.05, 3.63) is 59.7 Å². The summed E-state index contributed by atoms with van der Waals surface area (Å²) in [6.45, 7) is 3.62. The van der Waals surface area contributed by atoms with E-state index in [1.54, 1.807) is 18.7 Å². The van der Waals surface area contributed by atoms with Gasteiger partial charge in [0.15, 0.2) is 0 Å². The number of nitrogens with zero attached hydrogens (tertiary/aromatic N) is 1. The van der Waals surface area contributed by atoms with Gasteiger partial charge in [-0.1, -0.05) is 36.4 Å². The minimum absolute atomic E-state index is 0.0659. The molecule has 1 N–H and O–H groups in total. The number of rotatable bonds is 4. The summed E-state index contributed by atoms with van der Waals surface area (Å²) in [5.74, 6) is 0.217. The van der Waals surface area contributed by atoms with Crippen LogP contribution in [0.25, 0.3) is 0 Å². The van der Waals surface area contributed by atoms with E-state index in [4.69, 9.17) is 11.6 Å². The Morgan fingerprint density at radius 2 is 1.92 bits per heavy atom. The molecule has 0 aliphatic carbocycles. The number of aryl methyl sites for hydroxylation is 1. The Morgan fingerprint density at radius 1 is 1.24 bits per heavy atom. The number of carbonyl (C=O) groups is 2. The zero-order valence-electron chi connectivity index (χ0n) is 14.0. The van der Waals surface area contributed by atoms with Crippen molar-refractivity contribution < 1.29 is 9.59 Å². The monoisotopic (exact) mass is 374 g/mol. The summed E-state index contributed by atoms with van der Waals surface area (Å²) in [4.78, 5) is 26.4. The summed E-state index contributed by atoms with van der Waals surface area (Å²) in [7, 11) is 0. The summed E-state index contributed by atoms with van der Waals surface area (Å²) in [6, 6.07) is 15.4. The van der Waals surface area contributed by atoms with Crippen LogP contribution in [-0.4, -0.2) is 22.9 Å². The van der Waals surface area contributed by atoms with E-state index in [9.17, 15) is 9.59 Å². The molecule has 0 aromatic heterocycles. The Hall–Kier alpha value is -1.98. The van der Waals surface area contributed by atoms with Gasteiger partial charge in [0.2, 0.25) is 11.8 Å². The average molecular weight is 375 g/mol. The van der Waals surface area contributed by atoms with Gasteiger partial charge in [-0.05, 0) is 31.5 Å². The van der Waals surface area contributed by atoms with Crippen molar-refractivity contribution >= 4 is 46.6 Å².